The van der Waals surface area contributed by atoms with Gasteiger partial charge >= 0.3 is 6.18 Å². The molecule has 1 aliphatic heterocycles. The van der Waals surface area contributed by atoms with Gasteiger partial charge in [0, 0.05) is 37.7 Å². The van der Waals surface area contributed by atoms with E-state index in [0.29, 0.717) is 43.3 Å². The molecule has 0 unspecified atom stereocenters. The second kappa shape index (κ2) is 8.21. The van der Waals surface area contributed by atoms with Gasteiger partial charge in [0.1, 0.15) is 17.9 Å². The summed E-state index contributed by atoms with van der Waals surface area (Å²) in [6, 6.07) is 3.53. The van der Waals surface area contributed by atoms with Crippen LogP contribution in [0.4, 0.5) is 23.2 Å². The van der Waals surface area contributed by atoms with Crippen LogP contribution < -0.4 is 10.2 Å². The predicted octanol–water partition coefficient (Wildman–Crippen LogP) is 3.55. The smallest absolute Gasteiger partial charge is 0.368 e. The SMILES string of the molecule is C[C@@H](NC(=O)c1cc(N2CCC(=O)CC2)c2nncn2c1)c1cccc(C(F)(F)F)c1F. The molecule has 168 valence electrons. The summed E-state index contributed by atoms with van der Waals surface area (Å²) >= 11 is 0. The number of carbonyl (C=O) groups is 2. The molecule has 1 amide bonds. The van der Waals surface area contributed by atoms with Crippen LogP contribution in [0.2, 0.25) is 0 Å². The first kappa shape index (κ1) is 21.7. The number of nitrogens with zero attached hydrogens (tertiary/aromatic N) is 4. The third-order valence-electron chi connectivity index (χ3n) is 5.44. The van der Waals surface area contributed by atoms with Gasteiger partial charge in [-0.15, -0.1) is 10.2 Å². The molecule has 0 radical (unpaired) electrons. The van der Waals surface area contributed by atoms with Crippen molar-refractivity contribution in [2.45, 2.75) is 32.0 Å². The van der Waals surface area contributed by atoms with Crippen molar-refractivity contribution in [2.75, 3.05) is 18.0 Å². The molecule has 1 N–H and O–H groups in total. The molecule has 3 heterocycles. The van der Waals surface area contributed by atoms with Gasteiger partial charge in [0.2, 0.25) is 0 Å². The van der Waals surface area contributed by atoms with Gasteiger partial charge in [0.05, 0.1) is 22.9 Å². The van der Waals surface area contributed by atoms with Crippen LogP contribution in [-0.4, -0.2) is 39.4 Å². The summed E-state index contributed by atoms with van der Waals surface area (Å²) in [6.07, 6.45) is -1.18. The van der Waals surface area contributed by atoms with Crippen molar-refractivity contribution in [3.8, 4) is 0 Å². The summed E-state index contributed by atoms with van der Waals surface area (Å²) in [5.74, 6) is -1.86. The Hall–Kier alpha value is -3.50. The fourth-order valence-electron chi connectivity index (χ4n) is 3.73. The number of benzene rings is 1. The third kappa shape index (κ3) is 4.14. The van der Waals surface area contributed by atoms with Crippen LogP contribution >= 0.6 is 0 Å². The van der Waals surface area contributed by atoms with E-state index < -0.39 is 29.5 Å². The number of pyridine rings is 1. The van der Waals surface area contributed by atoms with Crippen LogP contribution in [0.5, 0.6) is 0 Å². The first-order valence-corrected chi connectivity index (χ1v) is 9.91. The van der Waals surface area contributed by atoms with Gasteiger partial charge in [-0.2, -0.15) is 13.2 Å². The zero-order chi connectivity index (χ0) is 23.0. The molecule has 32 heavy (non-hydrogen) atoms. The number of alkyl halides is 3. The quantitative estimate of drug-likeness (QED) is 0.617. The van der Waals surface area contributed by atoms with E-state index in [-0.39, 0.29) is 16.9 Å². The van der Waals surface area contributed by atoms with E-state index in [9.17, 15) is 27.2 Å². The molecule has 1 saturated heterocycles. The number of ketones is 1. The number of piperidine rings is 1. The fraction of sp³-hybridized carbons (Fsp3) is 0.333. The lowest BCUT2D eigenvalue weighted by Gasteiger charge is -2.28. The monoisotopic (exact) mass is 449 g/mol. The molecule has 0 spiro atoms. The lowest BCUT2D eigenvalue weighted by molar-refractivity contribution is -0.140. The Morgan fingerprint density at radius 2 is 1.94 bits per heavy atom. The number of rotatable bonds is 4. The number of anilines is 1. The van der Waals surface area contributed by atoms with E-state index in [0.717, 1.165) is 6.07 Å². The molecule has 0 bridgehead atoms. The first-order chi connectivity index (χ1) is 15.1. The van der Waals surface area contributed by atoms with Gasteiger partial charge in [0.15, 0.2) is 5.65 Å². The van der Waals surface area contributed by atoms with E-state index in [2.05, 4.69) is 15.5 Å². The van der Waals surface area contributed by atoms with Crippen molar-refractivity contribution >= 4 is 23.0 Å². The summed E-state index contributed by atoms with van der Waals surface area (Å²) in [5.41, 5.74) is -0.339. The second-order valence-electron chi connectivity index (χ2n) is 7.60. The van der Waals surface area contributed by atoms with Crippen molar-refractivity contribution in [2.24, 2.45) is 0 Å². The number of aromatic nitrogens is 3. The van der Waals surface area contributed by atoms with E-state index in [1.54, 1.807) is 10.5 Å². The number of carbonyl (C=O) groups excluding carboxylic acids is 2. The molecule has 11 heteroatoms. The van der Waals surface area contributed by atoms with E-state index in [4.69, 9.17) is 0 Å². The van der Waals surface area contributed by atoms with Crippen LogP contribution in [-0.2, 0) is 11.0 Å². The summed E-state index contributed by atoms with van der Waals surface area (Å²) in [5, 5.41) is 10.5. The highest BCUT2D eigenvalue weighted by Crippen LogP contribution is 2.34. The first-order valence-electron chi connectivity index (χ1n) is 9.91. The Morgan fingerprint density at radius 3 is 2.62 bits per heavy atom. The van der Waals surface area contributed by atoms with E-state index >= 15 is 0 Å². The molecule has 1 atom stereocenters. The minimum Gasteiger partial charge on any atom is -0.368 e. The van der Waals surface area contributed by atoms with Crippen molar-refractivity contribution in [3.05, 3.63) is 59.3 Å². The van der Waals surface area contributed by atoms with Gasteiger partial charge in [-0.25, -0.2) is 4.39 Å². The average Bonchev–Trinajstić information content (AvgIpc) is 3.21. The van der Waals surface area contributed by atoms with Crippen molar-refractivity contribution < 1.29 is 27.2 Å². The minimum absolute atomic E-state index is 0.157. The van der Waals surface area contributed by atoms with Crippen molar-refractivity contribution in [3.63, 3.8) is 0 Å². The summed E-state index contributed by atoms with van der Waals surface area (Å²) in [4.78, 5) is 26.4. The molecule has 4 rings (SSSR count). The summed E-state index contributed by atoms with van der Waals surface area (Å²) in [6.45, 7) is 2.35. The number of hydrogen-bond donors (Lipinski definition) is 1. The number of fused-ring (bicyclic) bond motifs is 1. The number of hydrogen-bond acceptors (Lipinski definition) is 5. The number of amides is 1. The van der Waals surface area contributed by atoms with E-state index in [1.165, 1.54) is 25.5 Å². The number of halogens is 4. The molecular weight excluding hydrogens is 430 g/mol. The Kier molecular flexibility index (Phi) is 5.57. The predicted molar refractivity (Wildman–Crippen MR) is 107 cm³/mol. The zero-order valence-electron chi connectivity index (χ0n) is 17.0. The van der Waals surface area contributed by atoms with Gasteiger partial charge in [0.25, 0.3) is 5.91 Å². The van der Waals surface area contributed by atoms with Crippen molar-refractivity contribution in [1.82, 2.24) is 19.9 Å². The molecule has 0 aliphatic carbocycles. The molecule has 2 aromatic heterocycles. The van der Waals surface area contributed by atoms with E-state index in [1.807, 2.05) is 4.90 Å². The van der Waals surface area contributed by atoms with Crippen LogP contribution in [0.3, 0.4) is 0 Å². The standard InChI is InChI=1S/C21H19F4N5O2/c1-12(15-3-2-4-16(18(15)22)21(23,24)25)27-20(32)13-9-17(19-28-26-11-30(19)10-13)29-7-5-14(31)6-8-29/h2-4,9-12H,5-8H2,1H3,(H,27,32)/t12-/m1/s1. The Morgan fingerprint density at radius 1 is 1.22 bits per heavy atom. The molecule has 1 aromatic carbocycles. The summed E-state index contributed by atoms with van der Waals surface area (Å²) < 4.78 is 55.0. The van der Waals surface area contributed by atoms with Crippen molar-refractivity contribution in [1.29, 1.82) is 0 Å². The maximum absolute atomic E-state index is 14.5. The van der Waals surface area contributed by atoms with Gasteiger partial charge in [-0.05, 0) is 19.1 Å². The maximum Gasteiger partial charge on any atom is 0.419 e. The lowest BCUT2D eigenvalue weighted by atomic mass is 10.0. The molecule has 7 nitrogen and oxygen atoms in total. The molecule has 0 saturated carbocycles. The minimum atomic E-state index is -4.84. The largest absolute Gasteiger partial charge is 0.419 e. The lowest BCUT2D eigenvalue weighted by Crippen LogP contribution is -2.34. The van der Waals surface area contributed by atoms with Crippen LogP contribution in [0.25, 0.3) is 5.65 Å². The van der Waals surface area contributed by atoms with Crippen LogP contribution in [0, 0.1) is 5.82 Å². The molecular formula is C21H19F4N5O2. The van der Waals surface area contributed by atoms with Crippen LogP contribution in [0.15, 0.2) is 36.8 Å². The Balaban J connectivity index is 1.61. The normalized spacial score (nSPS) is 15.8. The van der Waals surface area contributed by atoms with Crippen LogP contribution in [0.1, 0.15) is 47.3 Å². The topological polar surface area (TPSA) is 79.6 Å². The molecule has 1 fully saturated rings. The number of Topliss-reactive ketones (excluding diaryl/α,β-unsaturated/α-hetero) is 1. The summed E-state index contributed by atoms with van der Waals surface area (Å²) in [7, 11) is 0. The van der Waals surface area contributed by atoms with Gasteiger partial charge in [-0.3, -0.25) is 14.0 Å². The highest BCUT2D eigenvalue weighted by atomic mass is 19.4. The van der Waals surface area contributed by atoms with Gasteiger partial charge in [-0.1, -0.05) is 12.1 Å². The highest BCUT2D eigenvalue weighted by Gasteiger charge is 2.35. The third-order valence-corrected chi connectivity index (χ3v) is 5.44. The highest BCUT2D eigenvalue weighted by molar-refractivity contribution is 5.96. The average molecular weight is 449 g/mol. The maximum atomic E-state index is 14.5. The molecule has 3 aromatic rings. The Labute approximate surface area is 180 Å². The zero-order valence-corrected chi connectivity index (χ0v) is 17.0. The Bertz CT molecular complexity index is 1180. The van der Waals surface area contributed by atoms with Gasteiger partial charge < -0.3 is 10.2 Å². The second-order valence-corrected chi connectivity index (χ2v) is 7.60. The number of nitrogens with one attached hydrogen (secondary N) is 1. The molecule has 1 aliphatic rings. The fourth-order valence-corrected chi connectivity index (χ4v) is 3.73.